The van der Waals surface area contributed by atoms with Crippen LogP contribution in [0.5, 0.6) is 0 Å². The van der Waals surface area contributed by atoms with Gasteiger partial charge < -0.3 is 0 Å². The largest absolute Gasteiger partial charge is 0.293 e. The first-order chi connectivity index (χ1) is 9.52. The number of carbonyl (C=O) groups excluding carboxylic acids is 2. The van der Waals surface area contributed by atoms with Crippen molar-refractivity contribution in [3.8, 4) is 0 Å². The van der Waals surface area contributed by atoms with Gasteiger partial charge in [-0.1, -0.05) is 42.6 Å². The molecule has 1 aromatic carbocycles. The molecule has 0 bridgehead atoms. The Morgan fingerprint density at radius 2 is 2.05 bits per heavy atom. The van der Waals surface area contributed by atoms with Crippen LogP contribution in [-0.4, -0.2) is 22.6 Å². The Labute approximate surface area is 131 Å². The number of benzene rings is 1. The first-order valence-electron chi connectivity index (χ1n) is 6.23. The third kappa shape index (κ3) is 3.37. The normalized spacial score (nSPS) is 17.4. The van der Waals surface area contributed by atoms with Crippen LogP contribution < -0.4 is 0 Å². The molecule has 0 atom stereocenters. The maximum Gasteiger partial charge on any atom is 0.293 e. The minimum Gasteiger partial charge on any atom is -0.268 e. The van der Waals surface area contributed by atoms with E-state index in [0.717, 1.165) is 24.6 Å². The fourth-order valence-electron chi connectivity index (χ4n) is 1.77. The van der Waals surface area contributed by atoms with Crippen molar-refractivity contribution in [2.24, 2.45) is 0 Å². The predicted molar refractivity (Wildman–Crippen MR) is 84.0 cm³/mol. The zero-order chi connectivity index (χ0) is 14.7. The molecule has 0 spiro atoms. The summed E-state index contributed by atoms with van der Waals surface area (Å²) in [5.41, 5.74) is 0.678. The van der Waals surface area contributed by atoms with Crippen molar-refractivity contribution >= 4 is 52.2 Å². The van der Waals surface area contributed by atoms with Crippen molar-refractivity contribution < 1.29 is 9.59 Å². The molecule has 2 amide bonds. The molecule has 1 aliphatic heterocycles. The molecule has 1 aromatic rings. The molecule has 3 nitrogen and oxygen atoms in total. The number of unbranched alkanes of at least 4 members (excludes halogenated alkanes) is 1. The molecule has 1 heterocycles. The van der Waals surface area contributed by atoms with Gasteiger partial charge in [0.2, 0.25) is 0 Å². The van der Waals surface area contributed by atoms with Gasteiger partial charge in [0.05, 0.1) is 4.91 Å². The zero-order valence-electron chi connectivity index (χ0n) is 10.9. The molecule has 1 fully saturated rings. The van der Waals surface area contributed by atoms with E-state index in [0.29, 0.717) is 27.1 Å². The first-order valence-corrected chi connectivity index (χ1v) is 7.80. The van der Waals surface area contributed by atoms with Crippen LogP contribution in [0.4, 0.5) is 4.79 Å². The van der Waals surface area contributed by atoms with Crippen molar-refractivity contribution in [2.45, 2.75) is 19.8 Å². The lowest BCUT2D eigenvalue weighted by Gasteiger charge is -2.10. The zero-order valence-corrected chi connectivity index (χ0v) is 13.2. The molecule has 1 saturated heterocycles. The second-order valence-electron chi connectivity index (χ2n) is 4.35. The maximum atomic E-state index is 12.2. The first kappa shape index (κ1) is 15.4. The summed E-state index contributed by atoms with van der Waals surface area (Å²) in [4.78, 5) is 25.6. The number of hydrogen-bond donors (Lipinski definition) is 0. The van der Waals surface area contributed by atoms with Gasteiger partial charge in [-0.05, 0) is 42.0 Å². The SMILES string of the molecule is CCCCN1C(=O)SC(=Cc2ccc(Cl)cc2Cl)C1=O. The highest BCUT2D eigenvalue weighted by Gasteiger charge is 2.34. The summed E-state index contributed by atoms with van der Waals surface area (Å²) < 4.78 is 0. The lowest BCUT2D eigenvalue weighted by molar-refractivity contribution is -0.122. The number of amides is 2. The fraction of sp³-hybridized carbons (Fsp3) is 0.286. The minimum atomic E-state index is -0.250. The van der Waals surface area contributed by atoms with Crippen molar-refractivity contribution in [3.63, 3.8) is 0 Å². The van der Waals surface area contributed by atoms with Gasteiger partial charge in [0.15, 0.2) is 0 Å². The summed E-state index contributed by atoms with van der Waals surface area (Å²) in [6.45, 7) is 2.48. The molecule has 0 aliphatic carbocycles. The number of imide groups is 1. The Hall–Kier alpha value is -0.970. The van der Waals surface area contributed by atoms with E-state index in [-0.39, 0.29) is 11.1 Å². The van der Waals surface area contributed by atoms with Crippen LogP contribution in [-0.2, 0) is 4.79 Å². The van der Waals surface area contributed by atoms with E-state index in [1.54, 1.807) is 24.3 Å². The third-order valence-corrected chi connectivity index (χ3v) is 4.33. The van der Waals surface area contributed by atoms with Crippen LogP contribution in [0.15, 0.2) is 23.1 Å². The Kier molecular flexibility index (Phi) is 5.13. The lowest BCUT2D eigenvalue weighted by Crippen LogP contribution is -2.29. The molecule has 0 saturated carbocycles. The van der Waals surface area contributed by atoms with Crippen LogP contribution >= 0.6 is 35.0 Å². The van der Waals surface area contributed by atoms with Gasteiger partial charge in [0.1, 0.15) is 0 Å². The van der Waals surface area contributed by atoms with E-state index in [1.807, 2.05) is 6.92 Å². The second-order valence-corrected chi connectivity index (χ2v) is 6.19. The highest BCUT2D eigenvalue weighted by Crippen LogP contribution is 2.34. The van der Waals surface area contributed by atoms with Crippen LogP contribution in [0.25, 0.3) is 6.08 Å². The monoisotopic (exact) mass is 329 g/mol. The van der Waals surface area contributed by atoms with E-state index in [1.165, 1.54) is 4.90 Å². The van der Waals surface area contributed by atoms with E-state index in [4.69, 9.17) is 23.2 Å². The molecule has 0 radical (unpaired) electrons. The molecule has 106 valence electrons. The fourth-order valence-corrected chi connectivity index (χ4v) is 3.09. The average molecular weight is 330 g/mol. The van der Waals surface area contributed by atoms with E-state index in [9.17, 15) is 9.59 Å². The van der Waals surface area contributed by atoms with Gasteiger partial charge >= 0.3 is 0 Å². The highest BCUT2D eigenvalue weighted by molar-refractivity contribution is 8.18. The predicted octanol–water partition coefficient (Wildman–Crippen LogP) is 4.83. The topological polar surface area (TPSA) is 37.4 Å². The number of hydrogen-bond acceptors (Lipinski definition) is 3. The summed E-state index contributed by atoms with van der Waals surface area (Å²) in [5, 5.41) is 0.765. The van der Waals surface area contributed by atoms with E-state index < -0.39 is 0 Å². The molecule has 2 rings (SSSR count). The summed E-state index contributed by atoms with van der Waals surface area (Å²) in [7, 11) is 0. The number of halogens is 2. The molecule has 0 N–H and O–H groups in total. The maximum absolute atomic E-state index is 12.2. The number of carbonyl (C=O) groups is 2. The van der Waals surface area contributed by atoms with E-state index in [2.05, 4.69) is 0 Å². The van der Waals surface area contributed by atoms with Gasteiger partial charge in [-0.3, -0.25) is 14.5 Å². The molecular formula is C14H13Cl2NO2S. The highest BCUT2D eigenvalue weighted by atomic mass is 35.5. The molecule has 1 aliphatic rings. The Bertz CT molecular complexity index is 587. The number of thioether (sulfide) groups is 1. The Balaban J connectivity index is 2.23. The summed E-state index contributed by atoms with van der Waals surface area (Å²) in [6.07, 6.45) is 3.38. The standard InChI is InChI=1S/C14H13Cl2NO2S/c1-2-3-6-17-13(18)12(20-14(17)19)7-9-4-5-10(15)8-11(9)16/h4-5,7-8H,2-3,6H2,1H3. The lowest BCUT2D eigenvalue weighted by atomic mass is 10.2. The third-order valence-electron chi connectivity index (χ3n) is 2.86. The van der Waals surface area contributed by atoms with E-state index >= 15 is 0 Å². The van der Waals surface area contributed by atoms with Crippen LogP contribution in [0.1, 0.15) is 25.3 Å². The minimum absolute atomic E-state index is 0.222. The molecule has 0 unspecified atom stereocenters. The summed E-state index contributed by atoms with van der Waals surface area (Å²) in [6, 6.07) is 5.03. The van der Waals surface area contributed by atoms with Gasteiger partial charge in [0.25, 0.3) is 11.1 Å². The Morgan fingerprint density at radius 1 is 1.30 bits per heavy atom. The molecule has 20 heavy (non-hydrogen) atoms. The van der Waals surface area contributed by atoms with Crippen LogP contribution in [0, 0.1) is 0 Å². The van der Waals surface area contributed by atoms with Crippen LogP contribution in [0.3, 0.4) is 0 Å². The van der Waals surface area contributed by atoms with Crippen molar-refractivity contribution in [1.82, 2.24) is 4.90 Å². The molecule has 6 heteroatoms. The van der Waals surface area contributed by atoms with Crippen molar-refractivity contribution in [2.75, 3.05) is 6.54 Å². The summed E-state index contributed by atoms with van der Waals surface area (Å²) >= 11 is 12.8. The molecular weight excluding hydrogens is 317 g/mol. The van der Waals surface area contributed by atoms with Gasteiger partial charge in [-0.25, -0.2) is 0 Å². The second kappa shape index (κ2) is 6.66. The van der Waals surface area contributed by atoms with Crippen LogP contribution in [0.2, 0.25) is 10.0 Å². The molecule has 0 aromatic heterocycles. The van der Waals surface area contributed by atoms with Crippen molar-refractivity contribution in [3.05, 3.63) is 38.7 Å². The number of nitrogens with zero attached hydrogens (tertiary/aromatic N) is 1. The van der Waals surface area contributed by atoms with Gasteiger partial charge in [-0.15, -0.1) is 0 Å². The smallest absolute Gasteiger partial charge is 0.268 e. The summed E-state index contributed by atoms with van der Waals surface area (Å²) in [5.74, 6) is -0.250. The van der Waals surface area contributed by atoms with Crippen molar-refractivity contribution in [1.29, 1.82) is 0 Å². The van der Waals surface area contributed by atoms with Gasteiger partial charge in [-0.2, -0.15) is 0 Å². The Morgan fingerprint density at radius 3 is 2.70 bits per heavy atom. The quantitative estimate of drug-likeness (QED) is 0.742. The average Bonchev–Trinajstić information content (AvgIpc) is 2.66. The van der Waals surface area contributed by atoms with Gasteiger partial charge in [0, 0.05) is 16.6 Å². The number of rotatable bonds is 4.